The van der Waals surface area contributed by atoms with Crippen LogP contribution in [0.25, 0.3) is 0 Å². The van der Waals surface area contributed by atoms with Crippen LogP contribution in [0.4, 0.5) is 0 Å². The lowest BCUT2D eigenvalue weighted by atomic mass is 10.0. The quantitative estimate of drug-likeness (QED) is 0.0263. The molecule has 8 aromatic rings. The van der Waals surface area contributed by atoms with Gasteiger partial charge in [-0.3, -0.25) is 0 Å². The van der Waals surface area contributed by atoms with Crippen LogP contribution in [0.1, 0.15) is 482 Å². The minimum absolute atomic E-state index is 1.16. The van der Waals surface area contributed by atoms with Crippen molar-refractivity contribution >= 4 is 0 Å². The molecule has 0 radical (unpaired) electrons. The molecule has 8 aromatic carbocycles. The molecule has 140 heavy (non-hydrogen) atoms. The number of unbranched alkanes of at least 4 members (excludes halogenated alkanes) is 28. The Morgan fingerprint density at radius 1 is 0.107 bits per heavy atom. The molecule has 0 amide bonds. The van der Waals surface area contributed by atoms with Gasteiger partial charge in [-0.25, -0.2) is 0 Å². The van der Waals surface area contributed by atoms with Crippen LogP contribution in [0.3, 0.4) is 0 Å². The number of benzene rings is 8. The number of hydrogen-bond donors (Lipinski definition) is 0. The average Bonchev–Trinajstić information content (AvgIpc) is 0.950. The van der Waals surface area contributed by atoms with E-state index < -0.39 is 0 Å². The molecule has 0 heterocycles. The maximum absolute atomic E-state index is 2.33. The molecule has 0 aliphatic heterocycles. The van der Waals surface area contributed by atoms with Gasteiger partial charge in [0.05, 0.1) is 0 Å². The van der Waals surface area contributed by atoms with Crippen LogP contribution in [0.15, 0.2) is 291 Å². The maximum atomic E-state index is 2.33. The van der Waals surface area contributed by atoms with Crippen LogP contribution >= 0.6 is 0 Å². The fourth-order valence-electron chi connectivity index (χ4n) is 17.1. The van der Waals surface area contributed by atoms with E-state index >= 15 is 0 Å². The van der Waals surface area contributed by atoms with Crippen LogP contribution in [-0.2, 0) is 103 Å². The van der Waals surface area contributed by atoms with Crippen LogP contribution < -0.4 is 0 Å². The third kappa shape index (κ3) is 80.2. The molecule has 0 N–H and O–H groups in total. The van der Waals surface area contributed by atoms with Gasteiger partial charge in [-0.2, -0.15) is 0 Å². The summed E-state index contributed by atoms with van der Waals surface area (Å²) in [4.78, 5) is 0. The van der Waals surface area contributed by atoms with Crippen molar-refractivity contribution in [3.8, 4) is 0 Å². The van der Waals surface area contributed by atoms with Crippen LogP contribution in [0.2, 0.25) is 0 Å². The summed E-state index contributed by atoms with van der Waals surface area (Å²) >= 11 is 0. The summed E-state index contributed by atoms with van der Waals surface area (Å²) in [7, 11) is 0. The van der Waals surface area contributed by atoms with Crippen molar-refractivity contribution in [1.82, 2.24) is 0 Å². The van der Waals surface area contributed by atoms with Gasteiger partial charge in [0.1, 0.15) is 0 Å². The van der Waals surface area contributed by atoms with E-state index in [4.69, 9.17) is 0 Å². The molecule has 0 aromatic heterocycles. The minimum Gasteiger partial charge on any atom is -0.0917 e. The molecule has 0 nitrogen and oxygen atoms in total. The van der Waals surface area contributed by atoms with Crippen molar-refractivity contribution in [1.29, 1.82) is 0 Å². The molecule has 0 saturated heterocycles. The van der Waals surface area contributed by atoms with Gasteiger partial charge in [-0.05, 0) is 343 Å². The highest BCUT2D eigenvalue weighted by molar-refractivity contribution is 5.30. The van der Waals surface area contributed by atoms with Gasteiger partial charge in [0.2, 0.25) is 0 Å². The van der Waals surface area contributed by atoms with Crippen molar-refractivity contribution in [2.45, 2.75) is 496 Å². The minimum atomic E-state index is 1.16. The first-order valence-corrected chi connectivity index (χ1v) is 58.4. The Balaban J connectivity index is 0.000000802. The molecular weight excluding hydrogens is 1680 g/mol. The standard InChI is InChI=1S/C21H34.C20H32.C19H30.C18H28.C17H26.C16H24.C15H22.C14H20/c1-3-5-7-8-9-10-11-13-15-21-18-16-20(17-19-21)14-12-6-4-2;1-3-5-7-8-9-10-12-14-20-17-15-19(16-18-20)13-11-6-4-2;1-3-5-7-8-9-11-13-19-16-14-18(15-17-19)12-10-6-4-2;1-3-5-7-8-10-12-18-15-13-17(14-16-18)11-9-6-4-2;1-3-5-7-9-11-17-14-12-16(13-15-17)10-8-6-4-2;1-3-5-7-9-15-11-13-16(14-12-15)10-8-6-4-2;1-3-5-7-9-15-12-10-14(11-13-15)8-6-4-2;1-3-5-6-8-14-11-9-13(7-4-2)10-12-14/h4,6,16-19H,3,5,7-15H2,1-2H3;4,6,15-18H,3,5,7-14H2,1-2H3;4,6,14-17H,3,5,7-13H2,1-2H3;4,6,13-16H,3,5,7-12H2,1-2H3;4,6,12-15H,3,5,7-11H2,1-2H3;3,5,11-14H,4,6-10H2,1-2H3;3,5,10-13H,4,6-9H2,1-2H3;3,5,9-12H,4,6-8H2,1-2H3/b5*6-4+;3*5-3+. The number of rotatable bonds is 68. The van der Waals surface area contributed by atoms with Crippen LogP contribution in [0, 0.1) is 0 Å². The first kappa shape index (κ1) is 130. The summed E-state index contributed by atoms with van der Waals surface area (Å²) in [5, 5.41) is 0. The second-order valence-electron chi connectivity index (χ2n) is 39.3. The van der Waals surface area contributed by atoms with Crippen molar-refractivity contribution in [2.75, 3.05) is 0 Å². The fraction of sp³-hybridized carbons (Fsp3) is 0.543. The summed E-state index contributed by atoms with van der Waals surface area (Å²) in [6.07, 6.45) is 113. The molecule has 0 bridgehead atoms. The Bertz CT molecular complexity index is 4140. The fourth-order valence-corrected chi connectivity index (χ4v) is 17.1. The summed E-state index contributed by atoms with van der Waals surface area (Å²) in [6, 6.07) is 73.4. The van der Waals surface area contributed by atoms with Gasteiger partial charge in [-0.15, -0.1) is 0 Å². The van der Waals surface area contributed by atoms with Gasteiger partial charge in [0.25, 0.3) is 0 Å². The van der Waals surface area contributed by atoms with Crippen molar-refractivity contribution in [3.63, 3.8) is 0 Å². The maximum Gasteiger partial charge on any atom is -0.0244 e. The molecule has 0 spiro atoms. The second-order valence-corrected chi connectivity index (χ2v) is 39.3. The highest BCUT2D eigenvalue weighted by atomic mass is 14.1. The average molecular weight is 1900 g/mol. The van der Waals surface area contributed by atoms with Crippen LogP contribution in [0.5, 0.6) is 0 Å². The van der Waals surface area contributed by atoms with Gasteiger partial charge >= 0.3 is 0 Å². The molecule has 0 aliphatic carbocycles. The third-order valence-electron chi connectivity index (χ3n) is 26.4. The topological polar surface area (TPSA) is 0 Å². The number of allylic oxidation sites excluding steroid dienone is 16. The zero-order valence-electron chi connectivity index (χ0n) is 94.1. The Labute approximate surface area is 870 Å². The molecule has 8 rings (SSSR count). The van der Waals surface area contributed by atoms with Crippen molar-refractivity contribution in [3.05, 3.63) is 380 Å². The lowest BCUT2D eigenvalue weighted by Crippen LogP contribution is -1.89. The van der Waals surface area contributed by atoms with Crippen molar-refractivity contribution < 1.29 is 0 Å². The molecule has 776 valence electrons. The monoisotopic (exact) mass is 1900 g/mol. The zero-order valence-corrected chi connectivity index (χ0v) is 94.1. The van der Waals surface area contributed by atoms with Crippen molar-refractivity contribution in [2.24, 2.45) is 0 Å². The van der Waals surface area contributed by atoms with E-state index in [2.05, 4.69) is 402 Å². The first-order chi connectivity index (χ1) is 68.9. The summed E-state index contributed by atoms with van der Waals surface area (Å²) in [5.41, 5.74) is 23.6. The SMILES string of the molecule is C/C=C/CCc1ccc(CCC)cc1.C/C=C/CCc1ccc(CCCC)cc1.C/C=C/CCc1ccc(CCCCC)cc1.C/C=C/CCc1ccc(CCCCCC)cc1.C/C=C/CCc1ccc(CCCCCCC)cc1.C/C=C/CCc1ccc(CCCCCCCC)cc1.C/C=C/CCc1ccc(CCCCCCCCC)cc1.C/C=C/CCc1ccc(CCCCCCCCCC)cc1. The zero-order chi connectivity index (χ0) is 102. The molecular formula is C140H216. The lowest BCUT2D eigenvalue weighted by molar-refractivity contribution is 0.575. The Morgan fingerprint density at radius 3 is 0.343 bits per heavy atom. The highest BCUT2D eigenvalue weighted by Gasteiger charge is 2.05. The number of hydrogen-bond acceptors (Lipinski definition) is 0. The lowest BCUT2D eigenvalue weighted by Gasteiger charge is -2.04. The largest absolute Gasteiger partial charge is 0.0917 e. The summed E-state index contributed by atoms with van der Waals surface area (Å²) in [5.74, 6) is 0. The Morgan fingerprint density at radius 2 is 0.207 bits per heavy atom. The first-order valence-electron chi connectivity index (χ1n) is 58.4. The summed E-state index contributed by atoms with van der Waals surface area (Å²) < 4.78 is 0. The molecule has 0 saturated carbocycles. The Hall–Kier alpha value is -8.32. The predicted octanol–water partition coefficient (Wildman–Crippen LogP) is 44.1. The van der Waals surface area contributed by atoms with E-state index in [-0.39, 0.29) is 0 Å². The van der Waals surface area contributed by atoms with E-state index in [9.17, 15) is 0 Å². The van der Waals surface area contributed by atoms with Gasteiger partial charge in [-0.1, -0.05) is 533 Å². The van der Waals surface area contributed by atoms with E-state index in [1.165, 1.54) is 416 Å². The Kier molecular flexibility index (Phi) is 93.3. The van der Waals surface area contributed by atoms with E-state index in [1.54, 1.807) is 0 Å². The summed E-state index contributed by atoms with van der Waals surface area (Å²) in [6.45, 7) is 34.8. The third-order valence-corrected chi connectivity index (χ3v) is 26.4. The molecule has 0 fully saturated rings. The molecule has 0 atom stereocenters. The smallest absolute Gasteiger partial charge is 0.0244 e. The molecule has 0 aliphatic rings. The molecule has 0 unspecified atom stereocenters. The van der Waals surface area contributed by atoms with E-state index in [0.717, 1.165) is 57.8 Å². The van der Waals surface area contributed by atoms with Gasteiger partial charge in [0, 0.05) is 0 Å². The van der Waals surface area contributed by atoms with E-state index in [1.807, 2.05) is 0 Å². The van der Waals surface area contributed by atoms with E-state index in [0.29, 0.717) is 0 Å². The molecule has 0 heteroatoms. The predicted molar refractivity (Wildman–Crippen MR) is 638 cm³/mol. The number of aryl methyl sites for hydroxylation is 16. The van der Waals surface area contributed by atoms with Gasteiger partial charge in [0.15, 0.2) is 0 Å². The van der Waals surface area contributed by atoms with Crippen LogP contribution in [-0.4, -0.2) is 0 Å². The van der Waals surface area contributed by atoms with Gasteiger partial charge < -0.3 is 0 Å². The normalized spacial score (nSPS) is 11.2. The highest BCUT2D eigenvalue weighted by Crippen LogP contribution is 2.22. The second kappa shape index (κ2) is 101.